The summed E-state index contributed by atoms with van der Waals surface area (Å²) in [5.74, 6) is -2.94. The molecule has 0 unspecified atom stereocenters. The molecular formula is C24H16F2O2S. The lowest BCUT2D eigenvalue weighted by Gasteiger charge is -2.08. The molecule has 0 radical (unpaired) electrons. The van der Waals surface area contributed by atoms with Crippen LogP contribution >= 0.6 is 11.3 Å². The summed E-state index contributed by atoms with van der Waals surface area (Å²) in [6, 6.07) is 22.3. The van der Waals surface area contributed by atoms with E-state index in [9.17, 15) is 18.7 Å². The summed E-state index contributed by atoms with van der Waals surface area (Å²) < 4.78 is 28.5. The number of hydrogen-bond acceptors (Lipinski definition) is 2. The first-order valence-corrected chi connectivity index (χ1v) is 9.80. The van der Waals surface area contributed by atoms with Gasteiger partial charge in [-0.15, -0.1) is 11.3 Å². The molecule has 1 aromatic heterocycles. The number of carbonyl (C=O) groups is 1. The third-order valence-electron chi connectivity index (χ3n) is 4.65. The fraction of sp³-hybridized carbons (Fsp3) is 0.0417. The standard InChI is InChI=1S/C24H16F2O2S/c25-21-12-6-11-17(22(21)26)20-14-16(13-15-7-2-1-3-8-15)29-23(20)18-9-4-5-10-19(18)24(27)28/h1-12,14H,13H2,(H,27,28). The zero-order valence-electron chi connectivity index (χ0n) is 15.2. The van der Waals surface area contributed by atoms with Crippen LogP contribution in [-0.2, 0) is 6.42 Å². The second-order valence-corrected chi connectivity index (χ2v) is 7.71. The van der Waals surface area contributed by atoms with E-state index in [0.29, 0.717) is 22.4 Å². The minimum Gasteiger partial charge on any atom is -0.478 e. The van der Waals surface area contributed by atoms with Crippen molar-refractivity contribution in [1.29, 1.82) is 0 Å². The highest BCUT2D eigenvalue weighted by Gasteiger charge is 2.21. The Labute approximate surface area is 170 Å². The Balaban J connectivity index is 1.91. The van der Waals surface area contributed by atoms with Gasteiger partial charge in [0.2, 0.25) is 0 Å². The highest BCUT2D eigenvalue weighted by Crippen LogP contribution is 2.42. The second kappa shape index (κ2) is 7.97. The number of benzene rings is 3. The Kier molecular flexibility index (Phi) is 5.23. The van der Waals surface area contributed by atoms with Gasteiger partial charge in [-0.1, -0.05) is 60.7 Å². The molecule has 1 heterocycles. The lowest BCUT2D eigenvalue weighted by molar-refractivity contribution is 0.0698. The summed E-state index contributed by atoms with van der Waals surface area (Å²) in [5, 5.41) is 9.60. The number of carboxylic acids is 1. The van der Waals surface area contributed by atoms with E-state index in [1.807, 2.05) is 36.4 Å². The minimum atomic E-state index is -1.07. The predicted octanol–water partition coefficient (Wildman–Crippen LogP) is 6.65. The number of aromatic carboxylic acids is 1. The molecule has 0 spiro atoms. The summed E-state index contributed by atoms with van der Waals surface area (Å²) in [4.78, 5) is 13.3. The fourth-order valence-electron chi connectivity index (χ4n) is 3.31. The fourth-order valence-corrected chi connectivity index (χ4v) is 4.55. The summed E-state index contributed by atoms with van der Waals surface area (Å²) in [5.41, 5.74) is 2.31. The average molecular weight is 406 g/mol. The topological polar surface area (TPSA) is 37.3 Å². The number of carboxylic acid groups (broad SMARTS) is 1. The summed E-state index contributed by atoms with van der Waals surface area (Å²) in [6.45, 7) is 0. The van der Waals surface area contributed by atoms with E-state index in [-0.39, 0.29) is 11.1 Å². The van der Waals surface area contributed by atoms with Crippen LogP contribution in [0.2, 0.25) is 0 Å². The second-order valence-electron chi connectivity index (χ2n) is 6.57. The van der Waals surface area contributed by atoms with Gasteiger partial charge < -0.3 is 5.11 Å². The summed E-state index contributed by atoms with van der Waals surface area (Å²) in [7, 11) is 0. The van der Waals surface area contributed by atoms with E-state index in [2.05, 4.69) is 0 Å². The van der Waals surface area contributed by atoms with Gasteiger partial charge in [0.1, 0.15) is 0 Å². The lowest BCUT2D eigenvalue weighted by atomic mass is 9.98. The van der Waals surface area contributed by atoms with Crippen molar-refractivity contribution in [2.24, 2.45) is 0 Å². The van der Waals surface area contributed by atoms with Gasteiger partial charge in [0, 0.05) is 32.9 Å². The van der Waals surface area contributed by atoms with Crippen LogP contribution in [0.15, 0.2) is 78.9 Å². The molecule has 0 aliphatic heterocycles. The smallest absolute Gasteiger partial charge is 0.336 e. The Bertz CT molecular complexity index is 1180. The highest BCUT2D eigenvalue weighted by atomic mass is 32.1. The SMILES string of the molecule is O=C(O)c1ccccc1-c1sc(Cc2ccccc2)cc1-c1cccc(F)c1F. The summed E-state index contributed by atoms with van der Waals surface area (Å²) in [6.07, 6.45) is 0.616. The van der Waals surface area contributed by atoms with Gasteiger partial charge in [0.25, 0.3) is 0 Å². The third-order valence-corrected chi connectivity index (χ3v) is 5.82. The maximum absolute atomic E-state index is 14.6. The molecule has 0 aliphatic carbocycles. The van der Waals surface area contributed by atoms with Gasteiger partial charge in [-0.3, -0.25) is 0 Å². The summed E-state index contributed by atoms with van der Waals surface area (Å²) >= 11 is 1.40. The van der Waals surface area contributed by atoms with Crippen LogP contribution in [-0.4, -0.2) is 11.1 Å². The molecule has 0 aliphatic rings. The van der Waals surface area contributed by atoms with Gasteiger partial charge in [-0.25, -0.2) is 13.6 Å². The van der Waals surface area contributed by atoms with Crippen LogP contribution in [0.1, 0.15) is 20.8 Å². The monoisotopic (exact) mass is 406 g/mol. The molecule has 4 rings (SSSR count). The number of hydrogen-bond donors (Lipinski definition) is 1. The first-order valence-electron chi connectivity index (χ1n) is 8.98. The zero-order valence-corrected chi connectivity index (χ0v) is 16.0. The molecule has 5 heteroatoms. The third kappa shape index (κ3) is 3.82. The Morgan fingerprint density at radius 1 is 0.828 bits per heavy atom. The van der Waals surface area contributed by atoms with Crippen molar-refractivity contribution in [3.8, 4) is 21.6 Å². The van der Waals surface area contributed by atoms with Crippen LogP contribution < -0.4 is 0 Å². The van der Waals surface area contributed by atoms with E-state index in [0.717, 1.165) is 16.5 Å². The van der Waals surface area contributed by atoms with Gasteiger partial charge >= 0.3 is 5.97 Å². The predicted molar refractivity (Wildman–Crippen MR) is 111 cm³/mol. The molecule has 0 fully saturated rings. The molecule has 0 saturated heterocycles. The van der Waals surface area contributed by atoms with E-state index < -0.39 is 17.6 Å². The van der Waals surface area contributed by atoms with Crippen molar-refractivity contribution in [1.82, 2.24) is 0 Å². The molecule has 0 bridgehead atoms. The Hall–Kier alpha value is -3.31. The van der Waals surface area contributed by atoms with E-state index in [4.69, 9.17) is 0 Å². The molecule has 0 atom stereocenters. The number of thiophene rings is 1. The van der Waals surface area contributed by atoms with Gasteiger partial charge in [0.05, 0.1) is 5.56 Å². The van der Waals surface area contributed by atoms with Crippen molar-refractivity contribution in [3.63, 3.8) is 0 Å². The molecule has 3 aromatic carbocycles. The maximum Gasteiger partial charge on any atom is 0.336 e. The van der Waals surface area contributed by atoms with Crippen molar-refractivity contribution in [2.75, 3.05) is 0 Å². The van der Waals surface area contributed by atoms with Crippen LogP contribution in [0.3, 0.4) is 0 Å². The van der Waals surface area contributed by atoms with Crippen molar-refractivity contribution < 1.29 is 18.7 Å². The number of rotatable bonds is 5. The Morgan fingerprint density at radius 2 is 1.52 bits per heavy atom. The molecule has 29 heavy (non-hydrogen) atoms. The van der Waals surface area contributed by atoms with E-state index in [1.165, 1.54) is 29.5 Å². The molecular weight excluding hydrogens is 390 g/mol. The van der Waals surface area contributed by atoms with E-state index in [1.54, 1.807) is 18.2 Å². The molecule has 144 valence electrons. The highest BCUT2D eigenvalue weighted by molar-refractivity contribution is 7.16. The normalized spacial score (nSPS) is 10.8. The minimum absolute atomic E-state index is 0.121. The van der Waals surface area contributed by atoms with Crippen molar-refractivity contribution in [2.45, 2.75) is 6.42 Å². The van der Waals surface area contributed by atoms with Crippen LogP contribution in [0.4, 0.5) is 8.78 Å². The quantitative estimate of drug-likeness (QED) is 0.403. The van der Waals surface area contributed by atoms with Crippen LogP contribution in [0.5, 0.6) is 0 Å². The van der Waals surface area contributed by atoms with Gasteiger partial charge in [-0.05, 0) is 23.8 Å². The number of halogens is 2. The van der Waals surface area contributed by atoms with Gasteiger partial charge in [-0.2, -0.15) is 0 Å². The largest absolute Gasteiger partial charge is 0.478 e. The maximum atomic E-state index is 14.6. The molecule has 0 saturated carbocycles. The van der Waals surface area contributed by atoms with Crippen LogP contribution in [0.25, 0.3) is 21.6 Å². The van der Waals surface area contributed by atoms with Crippen molar-refractivity contribution in [3.05, 3.63) is 107 Å². The first-order chi connectivity index (χ1) is 14.0. The van der Waals surface area contributed by atoms with Gasteiger partial charge in [0.15, 0.2) is 11.6 Å². The molecule has 4 aromatic rings. The lowest BCUT2D eigenvalue weighted by Crippen LogP contribution is -1.99. The van der Waals surface area contributed by atoms with Crippen molar-refractivity contribution >= 4 is 17.3 Å². The first kappa shape index (κ1) is 19.0. The molecule has 1 N–H and O–H groups in total. The molecule has 0 amide bonds. The van der Waals surface area contributed by atoms with Crippen LogP contribution in [0, 0.1) is 11.6 Å². The Morgan fingerprint density at radius 3 is 2.28 bits per heavy atom. The molecule has 2 nitrogen and oxygen atoms in total. The van der Waals surface area contributed by atoms with E-state index >= 15 is 0 Å². The average Bonchev–Trinajstić information content (AvgIpc) is 3.14. The zero-order chi connectivity index (χ0) is 20.4.